The number of aromatic nitrogens is 2. The Morgan fingerprint density at radius 2 is 1.95 bits per heavy atom. The van der Waals surface area contributed by atoms with Crippen LogP contribution in [0.2, 0.25) is 5.02 Å². The van der Waals surface area contributed by atoms with Gasteiger partial charge in [0.1, 0.15) is 5.02 Å². The first-order valence-electron chi connectivity index (χ1n) is 7.14. The molecule has 20 heavy (non-hydrogen) atoms. The number of rotatable bonds is 6. The Kier molecular flexibility index (Phi) is 5.63. The highest BCUT2D eigenvalue weighted by Gasteiger charge is 2.22. The smallest absolute Gasteiger partial charge is 0.287 e. The van der Waals surface area contributed by atoms with Gasteiger partial charge in [0.25, 0.3) is 5.56 Å². The fourth-order valence-electron chi connectivity index (χ4n) is 1.59. The topological polar surface area (TPSA) is 46.9 Å². The molecule has 0 amide bonds. The Hall–Kier alpha value is -1.03. The minimum absolute atomic E-state index is 0.121. The zero-order valence-electron chi connectivity index (χ0n) is 13.3. The standard InChI is InChI=1S/C15H26ClN3O/c1-10(2)8-19-14(20)13(16)12(7-18-19)17-9-15(5,6)11(3)4/h7,10-11,17H,8-9H2,1-6H3. The maximum absolute atomic E-state index is 12.1. The van der Waals surface area contributed by atoms with E-state index in [1.165, 1.54) is 4.68 Å². The largest absolute Gasteiger partial charge is 0.382 e. The quantitative estimate of drug-likeness (QED) is 0.872. The molecule has 4 nitrogen and oxygen atoms in total. The van der Waals surface area contributed by atoms with Gasteiger partial charge >= 0.3 is 0 Å². The van der Waals surface area contributed by atoms with Crippen molar-refractivity contribution in [1.29, 1.82) is 0 Å². The van der Waals surface area contributed by atoms with Crippen LogP contribution in [-0.4, -0.2) is 16.3 Å². The third kappa shape index (κ3) is 4.23. The number of anilines is 1. The van der Waals surface area contributed by atoms with E-state index in [0.29, 0.717) is 24.1 Å². The minimum atomic E-state index is -0.229. The fourth-order valence-corrected chi connectivity index (χ4v) is 1.80. The normalized spacial score (nSPS) is 12.2. The molecule has 0 saturated heterocycles. The van der Waals surface area contributed by atoms with Crippen molar-refractivity contribution in [1.82, 2.24) is 9.78 Å². The summed E-state index contributed by atoms with van der Waals surface area (Å²) in [6.45, 7) is 14.1. The third-order valence-corrected chi connectivity index (χ3v) is 4.19. The van der Waals surface area contributed by atoms with Crippen LogP contribution in [0.25, 0.3) is 0 Å². The van der Waals surface area contributed by atoms with Gasteiger partial charge < -0.3 is 5.32 Å². The zero-order valence-corrected chi connectivity index (χ0v) is 14.1. The summed E-state index contributed by atoms with van der Waals surface area (Å²) >= 11 is 6.15. The van der Waals surface area contributed by atoms with Gasteiger partial charge in [-0.1, -0.05) is 53.1 Å². The van der Waals surface area contributed by atoms with Crippen molar-refractivity contribution in [3.05, 3.63) is 21.6 Å². The molecule has 0 saturated carbocycles. The van der Waals surface area contributed by atoms with Crippen molar-refractivity contribution in [2.24, 2.45) is 17.3 Å². The van der Waals surface area contributed by atoms with Crippen molar-refractivity contribution >= 4 is 17.3 Å². The second-order valence-corrected chi connectivity index (χ2v) is 7.13. The molecule has 0 aliphatic heterocycles. The molecule has 0 atom stereocenters. The van der Waals surface area contributed by atoms with E-state index in [2.05, 4.69) is 38.1 Å². The first-order valence-corrected chi connectivity index (χ1v) is 7.52. The minimum Gasteiger partial charge on any atom is -0.382 e. The average molecular weight is 300 g/mol. The van der Waals surface area contributed by atoms with E-state index in [4.69, 9.17) is 11.6 Å². The summed E-state index contributed by atoms with van der Waals surface area (Å²) in [5.74, 6) is 0.887. The fraction of sp³-hybridized carbons (Fsp3) is 0.733. The van der Waals surface area contributed by atoms with E-state index >= 15 is 0 Å². The lowest BCUT2D eigenvalue weighted by atomic mass is 9.81. The predicted octanol–water partition coefficient (Wildman–Crippen LogP) is 3.65. The summed E-state index contributed by atoms with van der Waals surface area (Å²) in [4.78, 5) is 12.1. The van der Waals surface area contributed by atoms with Gasteiger partial charge in [0.2, 0.25) is 0 Å². The first-order chi connectivity index (χ1) is 9.15. The number of nitrogens with one attached hydrogen (secondary N) is 1. The molecular formula is C15H26ClN3O. The molecule has 0 fully saturated rings. The Labute approximate surface area is 126 Å². The van der Waals surface area contributed by atoms with Gasteiger partial charge in [0.05, 0.1) is 11.9 Å². The van der Waals surface area contributed by atoms with Crippen LogP contribution in [0.5, 0.6) is 0 Å². The predicted molar refractivity (Wildman–Crippen MR) is 85.5 cm³/mol. The maximum atomic E-state index is 12.1. The molecule has 1 rings (SSSR count). The highest BCUT2D eigenvalue weighted by Crippen LogP contribution is 2.27. The van der Waals surface area contributed by atoms with Crippen LogP contribution in [-0.2, 0) is 6.54 Å². The van der Waals surface area contributed by atoms with Crippen LogP contribution < -0.4 is 10.9 Å². The van der Waals surface area contributed by atoms with Gasteiger partial charge in [-0.25, -0.2) is 4.68 Å². The van der Waals surface area contributed by atoms with E-state index in [1.807, 2.05) is 13.8 Å². The van der Waals surface area contributed by atoms with Gasteiger partial charge in [0.15, 0.2) is 0 Å². The van der Waals surface area contributed by atoms with Crippen LogP contribution >= 0.6 is 11.6 Å². The van der Waals surface area contributed by atoms with Crippen molar-refractivity contribution in [2.45, 2.75) is 48.1 Å². The molecule has 114 valence electrons. The Morgan fingerprint density at radius 3 is 2.45 bits per heavy atom. The third-order valence-electron chi connectivity index (χ3n) is 3.82. The molecule has 0 aromatic carbocycles. The number of hydrogen-bond acceptors (Lipinski definition) is 3. The molecule has 1 heterocycles. The first kappa shape index (κ1) is 17.0. The van der Waals surface area contributed by atoms with E-state index in [0.717, 1.165) is 6.54 Å². The van der Waals surface area contributed by atoms with E-state index < -0.39 is 0 Å². The molecule has 0 radical (unpaired) electrons. The van der Waals surface area contributed by atoms with Crippen molar-refractivity contribution in [2.75, 3.05) is 11.9 Å². The monoisotopic (exact) mass is 299 g/mol. The summed E-state index contributed by atoms with van der Waals surface area (Å²) in [6.07, 6.45) is 1.64. The molecule has 5 heteroatoms. The molecule has 0 bridgehead atoms. The van der Waals surface area contributed by atoms with Crippen molar-refractivity contribution in [3.8, 4) is 0 Å². The van der Waals surface area contributed by atoms with Gasteiger partial charge in [-0.2, -0.15) is 5.10 Å². The summed E-state index contributed by atoms with van der Waals surface area (Å²) < 4.78 is 1.42. The molecule has 0 aliphatic carbocycles. The van der Waals surface area contributed by atoms with Gasteiger partial charge in [-0.05, 0) is 17.3 Å². The molecule has 1 aromatic heterocycles. The van der Waals surface area contributed by atoms with Gasteiger partial charge in [0, 0.05) is 13.1 Å². The number of halogens is 1. The van der Waals surface area contributed by atoms with Gasteiger partial charge in [-0.15, -0.1) is 0 Å². The van der Waals surface area contributed by atoms with E-state index in [9.17, 15) is 4.79 Å². The van der Waals surface area contributed by atoms with Crippen molar-refractivity contribution in [3.63, 3.8) is 0 Å². The van der Waals surface area contributed by atoms with E-state index in [1.54, 1.807) is 6.20 Å². The van der Waals surface area contributed by atoms with Crippen LogP contribution in [0.1, 0.15) is 41.5 Å². The summed E-state index contributed by atoms with van der Waals surface area (Å²) in [6, 6.07) is 0. The Bertz CT molecular complexity index is 506. The Balaban J connectivity index is 2.89. The number of nitrogens with zero attached hydrogens (tertiary/aromatic N) is 2. The lowest BCUT2D eigenvalue weighted by Crippen LogP contribution is -2.30. The van der Waals surface area contributed by atoms with Gasteiger partial charge in [-0.3, -0.25) is 4.79 Å². The summed E-state index contributed by atoms with van der Waals surface area (Å²) in [7, 11) is 0. The lowest BCUT2D eigenvalue weighted by molar-refractivity contribution is 0.269. The highest BCUT2D eigenvalue weighted by molar-refractivity contribution is 6.32. The van der Waals surface area contributed by atoms with Crippen LogP contribution in [0.4, 0.5) is 5.69 Å². The molecular weight excluding hydrogens is 274 g/mol. The Morgan fingerprint density at radius 1 is 1.35 bits per heavy atom. The zero-order chi connectivity index (χ0) is 15.5. The highest BCUT2D eigenvalue weighted by atomic mass is 35.5. The molecule has 0 unspecified atom stereocenters. The van der Waals surface area contributed by atoms with Crippen LogP contribution in [0.15, 0.2) is 11.0 Å². The molecule has 0 aliphatic rings. The van der Waals surface area contributed by atoms with E-state index in [-0.39, 0.29) is 16.0 Å². The number of hydrogen-bond donors (Lipinski definition) is 1. The van der Waals surface area contributed by atoms with Crippen LogP contribution in [0.3, 0.4) is 0 Å². The average Bonchev–Trinajstić information content (AvgIpc) is 2.33. The molecule has 1 N–H and O–H groups in total. The summed E-state index contributed by atoms with van der Waals surface area (Å²) in [5.41, 5.74) is 0.508. The molecule has 1 aromatic rings. The maximum Gasteiger partial charge on any atom is 0.287 e. The van der Waals surface area contributed by atoms with Crippen molar-refractivity contribution < 1.29 is 0 Å². The molecule has 0 spiro atoms. The lowest BCUT2D eigenvalue weighted by Gasteiger charge is -2.30. The second kappa shape index (κ2) is 6.61. The SMILES string of the molecule is CC(C)Cn1ncc(NCC(C)(C)C(C)C)c(Cl)c1=O. The van der Waals surface area contributed by atoms with Crippen LogP contribution in [0, 0.1) is 17.3 Å². The summed E-state index contributed by atoms with van der Waals surface area (Å²) in [5, 5.41) is 7.65. The second-order valence-electron chi connectivity index (χ2n) is 6.75.